The zero-order valence-electron chi connectivity index (χ0n) is 9.44. The predicted molar refractivity (Wildman–Crippen MR) is 67.8 cm³/mol. The van der Waals surface area contributed by atoms with E-state index in [2.05, 4.69) is 21.2 Å². The quantitative estimate of drug-likeness (QED) is 0.875. The summed E-state index contributed by atoms with van der Waals surface area (Å²) in [5.41, 5.74) is 0.846. The molecule has 0 fully saturated rings. The third-order valence-corrected chi connectivity index (χ3v) is 3.20. The van der Waals surface area contributed by atoms with Crippen LogP contribution in [0.1, 0.15) is 24.3 Å². The molecule has 1 aromatic carbocycles. The molecule has 5 heteroatoms. The monoisotopic (exact) mass is 299 g/mol. The molecule has 1 atom stereocenters. The fourth-order valence-corrected chi connectivity index (χ4v) is 2.24. The predicted octanol–water partition coefficient (Wildman–Crippen LogP) is 2.14. The first-order valence-electron chi connectivity index (χ1n) is 5.21. The SMILES string of the molecule is CNC(=O)CC(CC(=O)O)c1ccccc1Br. The van der Waals surface area contributed by atoms with Gasteiger partial charge in [-0.3, -0.25) is 9.59 Å². The Morgan fingerprint density at radius 3 is 2.53 bits per heavy atom. The molecule has 0 bridgehead atoms. The Hall–Kier alpha value is -1.36. The van der Waals surface area contributed by atoms with Crippen molar-refractivity contribution in [3.05, 3.63) is 34.3 Å². The van der Waals surface area contributed by atoms with Crippen LogP contribution in [-0.2, 0) is 9.59 Å². The zero-order valence-corrected chi connectivity index (χ0v) is 11.0. The fraction of sp³-hybridized carbons (Fsp3) is 0.333. The highest BCUT2D eigenvalue weighted by molar-refractivity contribution is 9.10. The number of halogens is 1. The van der Waals surface area contributed by atoms with Crippen LogP contribution in [-0.4, -0.2) is 24.0 Å². The summed E-state index contributed by atoms with van der Waals surface area (Å²) in [4.78, 5) is 22.2. The minimum atomic E-state index is -0.908. The van der Waals surface area contributed by atoms with Crippen molar-refractivity contribution in [2.45, 2.75) is 18.8 Å². The summed E-state index contributed by atoms with van der Waals surface area (Å²) < 4.78 is 0.829. The summed E-state index contributed by atoms with van der Waals surface area (Å²) in [5, 5.41) is 11.4. The van der Waals surface area contributed by atoms with Gasteiger partial charge in [-0.05, 0) is 11.6 Å². The van der Waals surface area contributed by atoms with Gasteiger partial charge in [0.2, 0.25) is 5.91 Å². The summed E-state index contributed by atoms with van der Waals surface area (Å²) in [6.07, 6.45) is 0.113. The molecule has 0 saturated carbocycles. The maximum Gasteiger partial charge on any atom is 0.303 e. The van der Waals surface area contributed by atoms with Crippen molar-refractivity contribution < 1.29 is 14.7 Å². The van der Waals surface area contributed by atoms with Crippen LogP contribution < -0.4 is 5.32 Å². The van der Waals surface area contributed by atoms with Gasteiger partial charge in [-0.1, -0.05) is 34.1 Å². The molecule has 1 unspecified atom stereocenters. The Bertz CT molecular complexity index is 420. The molecule has 0 aliphatic carbocycles. The van der Waals surface area contributed by atoms with Crippen LogP contribution in [0.2, 0.25) is 0 Å². The summed E-state index contributed by atoms with van der Waals surface area (Å²) in [7, 11) is 1.54. The molecule has 0 aliphatic rings. The molecule has 0 heterocycles. The van der Waals surface area contributed by atoms with E-state index in [9.17, 15) is 9.59 Å². The van der Waals surface area contributed by atoms with Crippen molar-refractivity contribution in [3.63, 3.8) is 0 Å². The van der Waals surface area contributed by atoms with E-state index < -0.39 is 5.97 Å². The van der Waals surface area contributed by atoms with Gasteiger partial charge in [0.25, 0.3) is 0 Å². The molecule has 1 aromatic rings. The molecule has 92 valence electrons. The van der Waals surface area contributed by atoms with E-state index >= 15 is 0 Å². The van der Waals surface area contributed by atoms with Crippen LogP contribution >= 0.6 is 15.9 Å². The number of carboxylic acids is 1. The number of hydrogen-bond donors (Lipinski definition) is 2. The smallest absolute Gasteiger partial charge is 0.303 e. The van der Waals surface area contributed by atoms with E-state index in [1.807, 2.05) is 24.3 Å². The number of rotatable bonds is 5. The number of aliphatic carboxylic acids is 1. The molecule has 0 aromatic heterocycles. The van der Waals surface area contributed by atoms with Gasteiger partial charge in [-0.2, -0.15) is 0 Å². The van der Waals surface area contributed by atoms with Gasteiger partial charge in [-0.15, -0.1) is 0 Å². The molecule has 1 amide bonds. The van der Waals surface area contributed by atoms with E-state index in [1.165, 1.54) is 0 Å². The summed E-state index contributed by atoms with van der Waals surface area (Å²) in [6.45, 7) is 0. The maximum absolute atomic E-state index is 11.4. The molecular weight excluding hydrogens is 286 g/mol. The molecule has 2 N–H and O–H groups in total. The highest BCUT2D eigenvalue weighted by Crippen LogP contribution is 2.29. The van der Waals surface area contributed by atoms with Crippen LogP contribution in [0.3, 0.4) is 0 Å². The second-order valence-electron chi connectivity index (χ2n) is 3.69. The molecule has 1 rings (SSSR count). The average molecular weight is 300 g/mol. The van der Waals surface area contributed by atoms with Crippen molar-refractivity contribution >= 4 is 27.8 Å². The van der Waals surface area contributed by atoms with Gasteiger partial charge in [0, 0.05) is 23.9 Å². The van der Waals surface area contributed by atoms with E-state index in [0.717, 1.165) is 10.0 Å². The summed E-state index contributed by atoms with van der Waals surface area (Å²) in [6, 6.07) is 7.36. The average Bonchev–Trinajstić information content (AvgIpc) is 2.28. The van der Waals surface area contributed by atoms with Gasteiger partial charge >= 0.3 is 5.97 Å². The second kappa shape index (κ2) is 6.39. The van der Waals surface area contributed by atoms with Gasteiger partial charge in [-0.25, -0.2) is 0 Å². The first kappa shape index (κ1) is 13.7. The number of hydrogen-bond acceptors (Lipinski definition) is 2. The van der Waals surface area contributed by atoms with Gasteiger partial charge in [0.15, 0.2) is 0 Å². The molecule has 0 radical (unpaired) electrons. The molecule has 0 saturated heterocycles. The van der Waals surface area contributed by atoms with E-state index in [4.69, 9.17) is 5.11 Å². The third-order valence-electron chi connectivity index (χ3n) is 2.48. The number of carboxylic acid groups (broad SMARTS) is 1. The summed E-state index contributed by atoms with van der Waals surface area (Å²) in [5.74, 6) is -1.38. The lowest BCUT2D eigenvalue weighted by Gasteiger charge is -2.15. The van der Waals surface area contributed by atoms with Crippen LogP contribution in [0.25, 0.3) is 0 Å². The first-order chi connectivity index (χ1) is 8.04. The topological polar surface area (TPSA) is 66.4 Å². The van der Waals surface area contributed by atoms with Gasteiger partial charge in [0.05, 0.1) is 6.42 Å². The summed E-state index contributed by atoms with van der Waals surface area (Å²) >= 11 is 3.37. The third kappa shape index (κ3) is 4.19. The Labute approximate surface area is 108 Å². The van der Waals surface area contributed by atoms with Crippen LogP contribution in [0.5, 0.6) is 0 Å². The van der Waals surface area contributed by atoms with Crippen LogP contribution in [0.15, 0.2) is 28.7 Å². The van der Waals surface area contributed by atoms with Crippen molar-refractivity contribution in [2.75, 3.05) is 7.05 Å². The highest BCUT2D eigenvalue weighted by Gasteiger charge is 2.20. The largest absolute Gasteiger partial charge is 0.481 e. The van der Waals surface area contributed by atoms with Gasteiger partial charge < -0.3 is 10.4 Å². The Balaban J connectivity index is 2.93. The molecule has 0 spiro atoms. The van der Waals surface area contributed by atoms with Crippen LogP contribution in [0, 0.1) is 0 Å². The normalized spacial score (nSPS) is 11.9. The first-order valence-corrected chi connectivity index (χ1v) is 6.00. The molecule has 17 heavy (non-hydrogen) atoms. The molecular formula is C12H14BrNO3. The lowest BCUT2D eigenvalue weighted by Crippen LogP contribution is -2.22. The number of carbonyl (C=O) groups is 2. The minimum absolute atomic E-state index is 0.0595. The minimum Gasteiger partial charge on any atom is -0.481 e. The van der Waals surface area contributed by atoms with Crippen LogP contribution in [0.4, 0.5) is 0 Å². The zero-order chi connectivity index (χ0) is 12.8. The Morgan fingerprint density at radius 2 is 2.00 bits per heavy atom. The lowest BCUT2D eigenvalue weighted by molar-refractivity contribution is -0.137. The standard InChI is InChI=1S/C12H14BrNO3/c1-14-11(15)6-8(7-12(16)17)9-4-2-3-5-10(9)13/h2-5,8H,6-7H2,1H3,(H,14,15)(H,16,17). The van der Waals surface area contributed by atoms with Gasteiger partial charge in [0.1, 0.15) is 0 Å². The van der Waals surface area contributed by atoms with E-state index in [-0.39, 0.29) is 24.7 Å². The van der Waals surface area contributed by atoms with Crippen molar-refractivity contribution in [1.29, 1.82) is 0 Å². The lowest BCUT2D eigenvalue weighted by atomic mass is 9.92. The number of benzene rings is 1. The highest BCUT2D eigenvalue weighted by atomic mass is 79.9. The van der Waals surface area contributed by atoms with Crippen molar-refractivity contribution in [3.8, 4) is 0 Å². The van der Waals surface area contributed by atoms with E-state index in [0.29, 0.717) is 0 Å². The molecule has 0 aliphatic heterocycles. The number of nitrogens with one attached hydrogen (secondary N) is 1. The molecule has 4 nitrogen and oxygen atoms in total. The number of carbonyl (C=O) groups excluding carboxylic acids is 1. The maximum atomic E-state index is 11.4. The van der Waals surface area contributed by atoms with Crippen molar-refractivity contribution in [1.82, 2.24) is 5.32 Å². The number of amides is 1. The Morgan fingerprint density at radius 1 is 1.35 bits per heavy atom. The Kier molecular flexibility index (Phi) is 5.15. The van der Waals surface area contributed by atoms with E-state index in [1.54, 1.807) is 7.05 Å². The fourth-order valence-electron chi connectivity index (χ4n) is 1.63. The second-order valence-corrected chi connectivity index (χ2v) is 4.55. The van der Waals surface area contributed by atoms with Crippen molar-refractivity contribution in [2.24, 2.45) is 0 Å².